The predicted octanol–water partition coefficient (Wildman–Crippen LogP) is 0.680. The summed E-state index contributed by atoms with van der Waals surface area (Å²) in [6.07, 6.45) is 6.94. The molecule has 0 N–H and O–H groups in total. The van der Waals surface area contributed by atoms with Gasteiger partial charge in [-0.15, -0.1) is 0 Å². The van der Waals surface area contributed by atoms with Crippen molar-refractivity contribution in [1.29, 1.82) is 0 Å². The Labute approximate surface area is 65.4 Å². The van der Waals surface area contributed by atoms with Crippen LogP contribution in [0.5, 0.6) is 0 Å². The standard InChI is InChI=1S/C10H9N/c1-2-5-10-8-11-7-3-6-9(10)4-1/h1-2,4-8H,3H2. The molecule has 1 aromatic carbocycles. The van der Waals surface area contributed by atoms with Crippen LogP contribution in [0.2, 0.25) is 0 Å². The second-order valence-electron chi connectivity index (χ2n) is 2.53. The topological polar surface area (TPSA) is 12.4 Å². The summed E-state index contributed by atoms with van der Waals surface area (Å²) < 4.78 is 0. The molecule has 0 radical (unpaired) electrons. The Bertz CT molecular complexity index is 388. The van der Waals surface area contributed by atoms with Crippen LogP contribution >= 0.6 is 0 Å². The first-order valence-electron chi connectivity index (χ1n) is 3.74. The molecule has 0 spiro atoms. The molecule has 0 amide bonds. The highest BCUT2D eigenvalue weighted by molar-refractivity contribution is 5.69. The molecule has 0 saturated heterocycles. The number of fused-ring (bicyclic) bond motifs is 1. The zero-order valence-corrected chi connectivity index (χ0v) is 6.20. The summed E-state index contributed by atoms with van der Waals surface area (Å²) >= 11 is 0. The van der Waals surface area contributed by atoms with Crippen LogP contribution in [0.4, 0.5) is 0 Å². The molecule has 1 aliphatic heterocycles. The van der Waals surface area contributed by atoms with Crippen LogP contribution in [0, 0.1) is 0 Å². The Morgan fingerprint density at radius 2 is 1.91 bits per heavy atom. The zero-order valence-electron chi connectivity index (χ0n) is 6.20. The summed E-state index contributed by atoms with van der Waals surface area (Å²) in [7, 11) is 0. The van der Waals surface area contributed by atoms with Gasteiger partial charge in [0.15, 0.2) is 0 Å². The van der Waals surface area contributed by atoms with Crippen molar-refractivity contribution in [3.8, 4) is 0 Å². The highest BCUT2D eigenvalue weighted by Crippen LogP contribution is 1.82. The Morgan fingerprint density at radius 1 is 1.09 bits per heavy atom. The highest BCUT2D eigenvalue weighted by Gasteiger charge is 1.85. The number of nitrogens with zero attached hydrogens (tertiary/aromatic N) is 1. The van der Waals surface area contributed by atoms with E-state index >= 15 is 0 Å². The van der Waals surface area contributed by atoms with Crippen molar-refractivity contribution in [1.82, 2.24) is 0 Å². The molecule has 0 bridgehead atoms. The first-order chi connectivity index (χ1) is 5.47. The van der Waals surface area contributed by atoms with E-state index in [9.17, 15) is 0 Å². The fourth-order valence-corrected chi connectivity index (χ4v) is 1.19. The Kier molecular flexibility index (Phi) is 1.56. The fraction of sp³-hybridized carbons (Fsp3) is 0.100. The lowest BCUT2D eigenvalue weighted by atomic mass is 10.2. The van der Waals surface area contributed by atoms with Gasteiger partial charge in [0.05, 0.1) is 0 Å². The van der Waals surface area contributed by atoms with Gasteiger partial charge in [0, 0.05) is 18.8 Å². The van der Waals surface area contributed by atoms with Crippen LogP contribution in [-0.4, -0.2) is 6.21 Å². The molecule has 1 nitrogen and oxygen atoms in total. The van der Waals surface area contributed by atoms with E-state index in [-0.39, 0.29) is 0 Å². The smallest absolute Gasteiger partial charge is 0.0342 e. The summed E-state index contributed by atoms with van der Waals surface area (Å²) in [5.74, 6) is 0. The van der Waals surface area contributed by atoms with Crippen LogP contribution in [0.3, 0.4) is 0 Å². The molecule has 1 aliphatic rings. The molecule has 54 valence electrons. The first kappa shape index (κ1) is 6.35. The largest absolute Gasteiger partial charge is 0.268 e. The van der Waals surface area contributed by atoms with E-state index in [0.29, 0.717) is 0 Å². The van der Waals surface area contributed by atoms with E-state index in [1.807, 2.05) is 18.5 Å². The van der Waals surface area contributed by atoms with E-state index in [2.05, 4.69) is 29.3 Å². The van der Waals surface area contributed by atoms with E-state index in [1.165, 1.54) is 10.4 Å². The maximum Gasteiger partial charge on any atom is 0.0342 e. The number of hydrogen-bond donors (Lipinski definition) is 0. The van der Waals surface area contributed by atoms with Gasteiger partial charge in [0.2, 0.25) is 0 Å². The monoisotopic (exact) mass is 143 g/mol. The van der Waals surface area contributed by atoms with Gasteiger partial charge in [-0.05, 0) is 10.4 Å². The second kappa shape index (κ2) is 2.70. The number of rotatable bonds is 0. The normalized spacial score (nSPS) is 14.2. The molecule has 0 atom stereocenters. The summed E-state index contributed by atoms with van der Waals surface area (Å²) in [5, 5.41) is 2.49. The van der Waals surface area contributed by atoms with Gasteiger partial charge in [-0.2, -0.15) is 0 Å². The average molecular weight is 143 g/mol. The van der Waals surface area contributed by atoms with Gasteiger partial charge in [0.25, 0.3) is 0 Å². The van der Waals surface area contributed by atoms with E-state index in [1.54, 1.807) is 0 Å². The Morgan fingerprint density at radius 3 is 2.82 bits per heavy atom. The van der Waals surface area contributed by atoms with Gasteiger partial charge in [0.1, 0.15) is 0 Å². The summed E-state index contributed by atoms with van der Waals surface area (Å²) in [4.78, 5) is 4.13. The molecule has 1 aromatic rings. The number of benzene rings is 1. The van der Waals surface area contributed by atoms with Gasteiger partial charge in [-0.1, -0.05) is 30.3 Å². The number of hydrogen-bond acceptors (Lipinski definition) is 1. The molecule has 2 rings (SSSR count). The lowest BCUT2D eigenvalue weighted by Gasteiger charge is -1.84. The van der Waals surface area contributed by atoms with Crippen LogP contribution in [0.25, 0.3) is 12.3 Å². The molecule has 0 aromatic heterocycles. The molecule has 0 saturated carbocycles. The van der Waals surface area contributed by atoms with Gasteiger partial charge >= 0.3 is 0 Å². The summed E-state index contributed by atoms with van der Waals surface area (Å²) in [6.45, 7) is 0. The molecule has 0 fully saturated rings. The van der Waals surface area contributed by atoms with Crippen LogP contribution in [-0.2, 0) is 0 Å². The van der Waals surface area contributed by atoms with Crippen molar-refractivity contribution in [3.63, 3.8) is 0 Å². The first-order valence-corrected chi connectivity index (χ1v) is 3.74. The lowest BCUT2D eigenvalue weighted by Crippen LogP contribution is -2.22. The van der Waals surface area contributed by atoms with Crippen molar-refractivity contribution in [2.45, 2.75) is 6.42 Å². The van der Waals surface area contributed by atoms with Crippen LogP contribution in [0.1, 0.15) is 6.42 Å². The maximum absolute atomic E-state index is 4.13. The fourth-order valence-electron chi connectivity index (χ4n) is 1.19. The quantitative estimate of drug-likeness (QED) is 0.506. The van der Waals surface area contributed by atoms with Gasteiger partial charge in [-0.3, -0.25) is 4.99 Å². The highest BCUT2D eigenvalue weighted by atomic mass is 14.7. The molecule has 11 heavy (non-hydrogen) atoms. The lowest BCUT2D eigenvalue weighted by molar-refractivity contribution is 1.49. The van der Waals surface area contributed by atoms with E-state index in [4.69, 9.17) is 0 Å². The summed E-state index contributed by atoms with van der Waals surface area (Å²) in [5.41, 5.74) is 0. The second-order valence-corrected chi connectivity index (χ2v) is 2.53. The zero-order chi connectivity index (χ0) is 7.52. The number of aliphatic imine (C=N–C) groups is 1. The average Bonchev–Trinajstić information content (AvgIpc) is 2.28. The van der Waals surface area contributed by atoms with Crippen molar-refractivity contribution in [2.24, 2.45) is 4.99 Å². The molecular formula is C10H9N. The summed E-state index contributed by atoms with van der Waals surface area (Å²) in [6, 6.07) is 8.27. The molecule has 1 heterocycles. The van der Waals surface area contributed by atoms with Gasteiger partial charge in [-0.25, -0.2) is 0 Å². The van der Waals surface area contributed by atoms with Crippen molar-refractivity contribution in [3.05, 3.63) is 34.7 Å². The van der Waals surface area contributed by atoms with E-state index < -0.39 is 0 Å². The van der Waals surface area contributed by atoms with Crippen LogP contribution in [0.15, 0.2) is 29.3 Å². The molecule has 0 aliphatic carbocycles. The SMILES string of the molecule is C1=NC=c2ccccc2=CC1. The third-order valence-corrected chi connectivity index (χ3v) is 1.76. The van der Waals surface area contributed by atoms with Crippen molar-refractivity contribution < 1.29 is 0 Å². The molecular weight excluding hydrogens is 134 g/mol. The third-order valence-electron chi connectivity index (χ3n) is 1.76. The maximum atomic E-state index is 4.13. The molecule has 0 unspecified atom stereocenters. The minimum Gasteiger partial charge on any atom is -0.268 e. The van der Waals surface area contributed by atoms with Crippen molar-refractivity contribution in [2.75, 3.05) is 0 Å². The predicted molar refractivity (Wildman–Crippen MR) is 47.7 cm³/mol. The minimum atomic E-state index is 0.938. The molecule has 1 heteroatoms. The van der Waals surface area contributed by atoms with Crippen LogP contribution < -0.4 is 10.4 Å². The van der Waals surface area contributed by atoms with Gasteiger partial charge < -0.3 is 0 Å². The third kappa shape index (κ3) is 1.22. The van der Waals surface area contributed by atoms with E-state index in [0.717, 1.165) is 6.42 Å². The Hall–Kier alpha value is -1.37. The Balaban J connectivity index is 2.81. The minimum absolute atomic E-state index is 0.938. The van der Waals surface area contributed by atoms with Crippen molar-refractivity contribution >= 4 is 18.5 Å².